The third-order valence-corrected chi connectivity index (χ3v) is 8.09. The van der Waals surface area contributed by atoms with E-state index in [1.165, 1.54) is 10.9 Å². The van der Waals surface area contributed by atoms with E-state index in [0.29, 0.717) is 19.1 Å². The molecule has 3 aromatic carbocycles. The fourth-order valence-corrected chi connectivity index (χ4v) is 6.33. The summed E-state index contributed by atoms with van der Waals surface area (Å²) in [5.41, 5.74) is 5.62. The van der Waals surface area contributed by atoms with Gasteiger partial charge in [-0.15, -0.1) is 12.4 Å². The number of ether oxygens (including phenoxy) is 1. The standard InChI is InChI=1S/C31H33Cl2N3O2.ClH/c1-38-19-16-34-29(37)21-36-28-13-6-5-10-24(28)25(31(36)23-8-3-2-4-9-23)20-35-17-14-22(15-18-35)30-26(32)11-7-12-27(30)33;/h2-13,22H,14-21H2,1H3,(H,34,37);1H. The number of para-hydroxylation sites is 1. The lowest BCUT2D eigenvalue weighted by Gasteiger charge is -2.33. The molecule has 0 saturated carbocycles. The summed E-state index contributed by atoms with van der Waals surface area (Å²) in [5, 5.41) is 5.68. The van der Waals surface area contributed by atoms with Crippen LogP contribution in [0.25, 0.3) is 22.2 Å². The molecule has 1 fully saturated rings. The molecule has 39 heavy (non-hydrogen) atoms. The van der Waals surface area contributed by atoms with Gasteiger partial charge in [0.25, 0.3) is 0 Å². The maximum Gasteiger partial charge on any atom is 0.240 e. The highest BCUT2D eigenvalue weighted by molar-refractivity contribution is 6.36. The van der Waals surface area contributed by atoms with Gasteiger partial charge in [-0.25, -0.2) is 0 Å². The van der Waals surface area contributed by atoms with E-state index >= 15 is 0 Å². The number of methoxy groups -OCH3 is 1. The summed E-state index contributed by atoms with van der Waals surface area (Å²) in [6, 6.07) is 24.6. The zero-order valence-corrected chi connectivity index (χ0v) is 24.4. The van der Waals surface area contributed by atoms with Gasteiger partial charge in [-0.1, -0.05) is 77.8 Å². The Kier molecular flexibility index (Phi) is 10.3. The number of hydrogen-bond acceptors (Lipinski definition) is 3. The first-order valence-corrected chi connectivity index (χ1v) is 13.9. The fraction of sp³-hybridized carbons (Fsp3) is 0.323. The third-order valence-electron chi connectivity index (χ3n) is 7.43. The van der Waals surface area contributed by atoms with Gasteiger partial charge in [0.15, 0.2) is 0 Å². The predicted molar refractivity (Wildman–Crippen MR) is 163 cm³/mol. The van der Waals surface area contributed by atoms with Gasteiger partial charge in [0.1, 0.15) is 6.54 Å². The lowest BCUT2D eigenvalue weighted by molar-refractivity contribution is -0.121. The third kappa shape index (κ3) is 6.62. The molecule has 1 N–H and O–H groups in total. The van der Waals surface area contributed by atoms with Gasteiger partial charge in [-0.3, -0.25) is 9.69 Å². The van der Waals surface area contributed by atoms with E-state index in [-0.39, 0.29) is 24.9 Å². The number of piperidine rings is 1. The molecule has 1 aliphatic rings. The zero-order chi connectivity index (χ0) is 26.5. The van der Waals surface area contributed by atoms with Crippen LogP contribution in [-0.4, -0.2) is 48.7 Å². The van der Waals surface area contributed by atoms with Crippen LogP contribution < -0.4 is 5.32 Å². The van der Waals surface area contributed by atoms with Crippen molar-refractivity contribution >= 4 is 52.4 Å². The number of benzene rings is 3. The van der Waals surface area contributed by atoms with Crippen molar-refractivity contribution in [2.45, 2.75) is 31.8 Å². The smallest absolute Gasteiger partial charge is 0.240 e. The number of likely N-dealkylation sites (tertiary alicyclic amines) is 1. The average molecular weight is 587 g/mol. The summed E-state index contributed by atoms with van der Waals surface area (Å²) in [7, 11) is 1.64. The Morgan fingerprint density at radius 3 is 2.31 bits per heavy atom. The minimum Gasteiger partial charge on any atom is -0.383 e. The van der Waals surface area contributed by atoms with Crippen molar-refractivity contribution in [2.75, 3.05) is 33.4 Å². The molecule has 8 heteroatoms. The van der Waals surface area contributed by atoms with Crippen molar-refractivity contribution in [1.29, 1.82) is 0 Å². The minimum atomic E-state index is -0.0241. The van der Waals surface area contributed by atoms with Crippen molar-refractivity contribution in [2.24, 2.45) is 0 Å². The molecular weight excluding hydrogens is 553 g/mol. The van der Waals surface area contributed by atoms with Gasteiger partial charge in [0, 0.05) is 41.1 Å². The lowest BCUT2D eigenvalue weighted by atomic mass is 9.89. The molecule has 0 unspecified atom stereocenters. The van der Waals surface area contributed by atoms with Crippen LogP contribution >= 0.6 is 35.6 Å². The Morgan fingerprint density at radius 1 is 0.949 bits per heavy atom. The Labute approximate surface area is 246 Å². The molecule has 1 amide bonds. The van der Waals surface area contributed by atoms with Gasteiger partial charge in [0.05, 0.1) is 12.3 Å². The number of rotatable bonds is 9. The quantitative estimate of drug-likeness (QED) is 0.211. The SMILES string of the molecule is COCCNC(=O)Cn1c(-c2ccccc2)c(CN2CCC(c3c(Cl)cccc3Cl)CC2)c2ccccc21.Cl. The van der Waals surface area contributed by atoms with E-state index in [0.717, 1.165) is 64.9 Å². The molecule has 4 aromatic rings. The second kappa shape index (κ2) is 13.7. The van der Waals surface area contributed by atoms with Gasteiger partial charge >= 0.3 is 0 Å². The van der Waals surface area contributed by atoms with Crippen molar-refractivity contribution in [3.05, 3.63) is 94.0 Å². The minimum absolute atomic E-state index is 0. The molecule has 0 spiro atoms. The number of hydrogen-bond donors (Lipinski definition) is 1. The highest BCUT2D eigenvalue weighted by Crippen LogP contribution is 2.39. The molecule has 0 radical (unpaired) electrons. The van der Waals surface area contributed by atoms with Crippen LogP contribution in [-0.2, 0) is 22.6 Å². The molecule has 1 aliphatic heterocycles. The maximum absolute atomic E-state index is 12.9. The summed E-state index contributed by atoms with van der Waals surface area (Å²) in [4.78, 5) is 15.4. The van der Waals surface area contributed by atoms with E-state index < -0.39 is 0 Å². The summed E-state index contributed by atoms with van der Waals surface area (Å²) in [6.07, 6.45) is 2.01. The molecule has 0 aliphatic carbocycles. The topological polar surface area (TPSA) is 46.5 Å². The van der Waals surface area contributed by atoms with Crippen molar-refractivity contribution in [1.82, 2.24) is 14.8 Å². The summed E-state index contributed by atoms with van der Waals surface area (Å²) in [5.74, 6) is 0.335. The Morgan fingerprint density at radius 2 is 1.62 bits per heavy atom. The number of amides is 1. The van der Waals surface area contributed by atoms with Crippen molar-refractivity contribution < 1.29 is 9.53 Å². The molecule has 2 heterocycles. The summed E-state index contributed by atoms with van der Waals surface area (Å²) in [6.45, 7) is 3.96. The van der Waals surface area contributed by atoms with Crippen molar-refractivity contribution in [3.8, 4) is 11.3 Å². The maximum atomic E-state index is 12.9. The summed E-state index contributed by atoms with van der Waals surface area (Å²) < 4.78 is 7.27. The first kappa shape index (κ1) is 29.4. The predicted octanol–water partition coefficient (Wildman–Crippen LogP) is 7.18. The van der Waals surface area contributed by atoms with E-state index in [1.807, 2.05) is 30.3 Å². The molecular formula is C31H34Cl3N3O2. The molecule has 206 valence electrons. The highest BCUT2D eigenvalue weighted by Gasteiger charge is 2.27. The van der Waals surface area contributed by atoms with Crippen LogP contribution in [0, 0.1) is 0 Å². The van der Waals surface area contributed by atoms with E-state index in [9.17, 15) is 4.79 Å². The number of aromatic nitrogens is 1. The largest absolute Gasteiger partial charge is 0.383 e. The van der Waals surface area contributed by atoms with Gasteiger partial charge in [-0.2, -0.15) is 0 Å². The average Bonchev–Trinajstić information content (AvgIpc) is 3.23. The Balaban J connectivity index is 0.00000353. The number of halogens is 3. The zero-order valence-electron chi connectivity index (χ0n) is 22.0. The van der Waals surface area contributed by atoms with E-state index in [4.69, 9.17) is 27.9 Å². The number of carbonyl (C=O) groups is 1. The summed E-state index contributed by atoms with van der Waals surface area (Å²) >= 11 is 13.1. The number of nitrogens with one attached hydrogen (secondary N) is 1. The van der Waals surface area contributed by atoms with Crippen molar-refractivity contribution in [3.63, 3.8) is 0 Å². The monoisotopic (exact) mass is 585 g/mol. The molecule has 1 aromatic heterocycles. The normalized spacial score (nSPS) is 14.3. The van der Waals surface area contributed by atoms with Crippen LogP contribution in [0.5, 0.6) is 0 Å². The molecule has 5 rings (SSSR count). The highest BCUT2D eigenvalue weighted by atomic mass is 35.5. The lowest BCUT2D eigenvalue weighted by Crippen LogP contribution is -2.33. The van der Waals surface area contributed by atoms with Gasteiger partial charge in [0.2, 0.25) is 5.91 Å². The Bertz CT molecular complexity index is 1380. The number of carbonyl (C=O) groups excluding carboxylic acids is 1. The van der Waals surface area contributed by atoms with Crippen LogP contribution in [0.15, 0.2) is 72.8 Å². The first-order chi connectivity index (χ1) is 18.6. The molecule has 1 saturated heterocycles. The second-order valence-corrected chi connectivity index (χ2v) is 10.6. The van der Waals surface area contributed by atoms with Crippen LogP contribution in [0.3, 0.4) is 0 Å². The first-order valence-electron chi connectivity index (χ1n) is 13.1. The molecule has 0 atom stereocenters. The van der Waals surface area contributed by atoms with Gasteiger partial charge < -0.3 is 14.6 Å². The van der Waals surface area contributed by atoms with E-state index in [2.05, 4.69) is 57.2 Å². The van der Waals surface area contributed by atoms with Crippen LogP contribution in [0.2, 0.25) is 10.0 Å². The van der Waals surface area contributed by atoms with Crippen LogP contribution in [0.4, 0.5) is 0 Å². The van der Waals surface area contributed by atoms with Gasteiger partial charge in [-0.05, 0) is 66.7 Å². The second-order valence-electron chi connectivity index (χ2n) is 9.82. The molecule has 5 nitrogen and oxygen atoms in total. The van der Waals surface area contributed by atoms with Crippen LogP contribution in [0.1, 0.15) is 29.9 Å². The number of fused-ring (bicyclic) bond motifs is 1. The fourth-order valence-electron chi connectivity index (χ4n) is 5.62. The van der Waals surface area contributed by atoms with E-state index in [1.54, 1.807) is 7.11 Å². The number of nitrogens with zero attached hydrogens (tertiary/aromatic N) is 2. The molecule has 0 bridgehead atoms. The Hall–Kier alpha value is -2.54.